The van der Waals surface area contributed by atoms with Gasteiger partial charge in [0, 0.05) is 5.02 Å². The molecule has 94 valence electrons. The van der Waals surface area contributed by atoms with E-state index in [0.29, 0.717) is 0 Å². The summed E-state index contributed by atoms with van der Waals surface area (Å²) in [5.74, 6) is 0. The fourth-order valence-electron chi connectivity index (χ4n) is 1.77. The van der Waals surface area contributed by atoms with Gasteiger partial charge in [0.2, 0.25) is 0 Å². The molecule has 0 saturated heterocycles. The summed E-state index contributed by atoms with van der Waals surface area (Å²) in [6, 6.07) is 5.89. The van der Waals surface area contributed by atoms with Gasteiger partial charge in [-0.25, -0.2) is 0 Å². The van der Waals surface area contributed by atoms with Crippen LogP contribution in [0.1, 0.15) is 24.5 Å². The Morgan fingerprint density at radius 2 is 2.06 bits per heavy atom. The maximum atomic E-state index is 6.02. The van der Waals surface area contributed by atoms with Crippen molar-refractivity contribution < 1.29 is 0 Å². The van der Waals surface area contributed by atoms with Crippen molar-refractivity contribution >= 4 is 17.7 Å². The molecule has 1 aromatic carbocycles. The van der Waals surface area contributed by atoms with E-state index in [9.17, 15) is 0 Å². The summed E-state index contributed by atoms with van der Waals surface area (Å²) in [4.78, 5) is 0. The summed E-state index contributed by atoms with van der Waals surface area (Å²) in [5.41, 5.74) is 4.65. The standard InChI is InChI=1S/C17H19Cl/c1-5-7-13(3)14(4)8-9-16-12-17(18)11-10-15(16)6-2/h5-7,10-12H,1-2,4,8-9H2,3H3/b13-7-. The number of hydrogen-bond donors (Lipinski definition) is 0. The molecule has 0 radical (unpaired) electrons. The first-order chi connectivity index (χ1) is 8.58. The van der Waals surface area contributed by atoms with Gasteiger partial charge in [-0.15, -0.1) is 0 Å². The Balaban J connectivity index is 2.77. The number of hydrogen-bond acceptors (Lipinski definition) is 0. The summed E-state index contributed by atoms with van der Waals surface area (Å²) >= 11 is 6.02. The van der Waals surface area contributed by atoms with Gasteiger partial charge >= 0.3 is 0 Å². The third-order valence-corrected chi connectivity index (χ3v) is 3.18. The molecule has 0 aliphatic rings. The van der Waals surface area contributed by atoms with Gasteiger partial charge in [0.1, 0.15) is 0 Å². The lowest BCUT2D eigenvalue weighted by Gasteiger charge is -2.09. The van der Waals surface area contributed by atoms with E-state index in [2.05, 4.69) is 26.7 Å². The van der Waals surface area contributed by atoms with Gasteiger partial charge < -0.3 is 0 Å². The molecule has 1 aromatic rings. The molecule has 1 heteroatoms. The largest absolute Gasteiger partial charge is 0.0991 e. The van der Waals surface area contributed by atoms with E-state index in [1.54, 1.807) is 6.08 Å². The quantitative estimate of drug-likeness (QED) is 0.582. The Kier molecular flexibility index (Phi) is 5.67. The zero-order chi connectivity index (χ0) is 13.5. The SMILES string of the molecule is C=C/C=C(/C)C(=C)CCc1cc(Cl)ccc1C=C. The molecule has 0 atom stereocenters. The van der Waals surface area contributed by atoms with Gasteiger partial charge in [0.05, 0.1) is 0 Å². The maximum absolute atomic E-state index is 6.02. The van der Waals surface area contributed by atoms with Gasteiger partial charge in [0.25, 0.3) is 0 Å². The molecule has 0 fully saturated rings. The molecule has 0 unspecified atom stereocenters. The molecule has 0 amide bonds. The fourth-order valence-corrected chi connectivity index (χ4v) is 1.96. The molecule has 0 aliphatic carbocycles. The van der Waals surface area contributed by atoms with Gasteiger partial charge in [0.15, 0.2) is 0 Å². The lowest BCUT2D eigenvalue weighted by atomic mass is 9.97. The average Bonchev–Trinajstić information content (AvgIpc) is 2.36. The van der Waals surface area contributed by atoms with Gasteiger partial charge in [-0.05, 0) is 48.6 Å². The minimum absolute atomic E-state index is 0.763. The highest BCUT2D eigenvalue weighted by Crippen LogP contribution is 2.21. The lowest BCUT2D eigenvalue weighted by Crippen LogP contribution is -1.93. The molecule has 0 spiro atoms. The molecule has 0 bridgehead atoms. The lowest BCUT2D eigenvalue weighted by molar-refractivity contribution is 0.949. The normalized spacial score (nSPS) is 11.1. The minimum Gasteiger partial charge on any atom is -0.0991 e. The molecule has 0 saturated carbocycles. The predicted octanol–water partition coefficient (Wildman–Crippen LogP) is 5.60. The second-order valence-electron chi connectivity index (χ2n) is 4.24. The van der Waals surface area contributed by atoms with Gasteiger partial charge in [-0.1, -0.05) is 61.2 Å². The third-order valence-electron chi connectivity index (χ3n) is 2.95. The van der Waals surface area contributed by atoms with E-state index in [4.69, 9.17) is 11.6 Å². The van der Waals surface area contributed by atoms with E-state index in [0.717, 1.165) is 29.0 Å². The minimum atomic E-state index is 0.763. The monoisotopic (exact) mass is 258 g/mol. The number of allylic oxidation sites excluding steroid dienone is 4. The Hall–Kier alpha value is -1.53. The molecular weight excluding hydrogens is 240 g/mol. The van der Waals surface area contributed by atoms with Crippen molar-refractivity contribution in [2.24, 2.45) is 0 Å². The van der Waals surface area contributed by atoms with Crippen molar-refractivity contribution in [3.05, 3.63) is 77.4 Å². The molecule has 0 N–H and O–H groups in total. The van der Waals surface area contributed by atoms with Crippen LogP contribution in [-0.4, -0.2) is 0 Å². The van der Waals surface area contributed by atoms with Crippen LogP contribution in [0.3, 0.4) is 0 Å². The van der Waals surface area contributed by atoms with Gasteiger partial charge in [-0.3, -0.25) is 0 Å². The van der Waals surface area contributed by atoms with Crippen LogP contribution in [0.15, 0.2) is 61.2 Å². The summed E-state index contributed by atoms with van der Waals surface area (Å²) < 4.78 is 0. The zero-order valence-electron chi connectivity index (χ0n) is 10.9. The molecular formula is C17H19Cl. The molecule has 0 nitrogen and oxygen atoms in total. The molecule has 0 aromatic heterocycles. The predicted molar refractivity (Wildman–Crippen MR) is 83.0 cm³/mol. The first-order valence-corrected chi connectivity index (χ1v) is 6.34. The van der Waals surface area contributed by atoms with Crippen molar-refractivity contribution in [1.29, 1.82) is 0 Å². The van der Waals surface area contributed by atoms with Gasteiger partial charge in [-0.2, -0.15) is 0 Å². The third kappa shape index (κ3) is 4.05. The van der Waals surface area contributed by atoms with E-state index >= 15 is 0 Å². The number of aryl methyl sites for hydroxylation is 1. The molecule has 0 heterocycles. The Morgan fingerprint density at radius 3 is 2.67 bits per heavy atom. The highest BCUT2D eigenvalue weighted by Gasteiger charge is 2.03. The van der Waals surface area contributed by atoms with Crippen LogP contribution in [0.25, 0.3) is 6.08 Å². The van der Waals surface area contributed by atoms with Crippen molar-refractivity contribution in [3.8, 4) is 0 Å². The van der Waals surface area contributed by atoms with Crippen LogP contribution in [0, 0.1) is 0 Å². The maximum Gasteiger partial charge on any atom is 0.0409 e. The Bertz CT molecular complexity index is 492. The topological polar surface area (TPSA) is 0 Å². The van der Waals surface area contributed by atoms with E-state index < -0.39 is 0 Å². The van der Waals surface area contributed by atoms with E-state index in [1.165, 1.54) is 11.1 Å². The summed E-state index contributed by atoms with van der Waals surface area (Å²) in [6.45, 7) is 13.7. The summed E-state index contributed by atoms with van der Waals surface area (Å²) in [7, 11) is 0. The Morgan fingerprint density at radius 1 is 1.33 bits per heavy atom. The zero-order valence-corrected chi connectivity index (χ0v) is 11.6. The summed E-state index contributed by atoms with van der Waals surface area (Å²) in [5, 5.41) is 0.763. The number of halogens is 1. The molecule has 1 rings (SSSR count). The smallest absolute Gasteiger partial charge is 0.0409 e. The molecule has 0 aliphatic heterocycles. The fraction of sp³-hybridized carbons (Fsp3) is 0.176. The average molecular weight is 259 g/mol. The van der Waals surface area contributed by atoms with Crippen LogP contribution in [0.5, 0.6) is 0 Å². The highest BCUT2D eigenvalue weighted by molar-refractivity contribution is 6.30. The van der Waals surface area contributed by atoms with Crippen LogP contribution < -0.4 is 0 Å². The number of benzene rings is 1. The first-order valence-electron chi connectivity index (χ1n) is 5.96. The number of rotatable bonds is 6. The van der Waals surface area contributed by atoms with Crippen molar-refractivity contribution in [3.63, 3.8) is 0 Å². The highest BCUT2D eigenvalue weighted by atomic mass is 35.5. The van der Waals surface area contributed by atoms with Crippen LogP contribution in [0.4, 0.5) is 0 Å². The Labute approximate surface area is 115 Å². The summed E-state index contributed by atoms with van der Waals surface area (Å²) in [6.07, 6.45) is 7.46. The van der Waals surface area contributed by atoms with Crippen molar-refractivity contribution in [1.82, 2.24) is 0 Å². The second-order valence-corrected chi connectivity index (χ2v) is 4.67. The van der Waals surface area contributed by atoms with Crippen molar-refractivity contribution in [2.75, 3.05) is 0 Å². The van der Waals surface area contributed by atoms with Crippen LogP contribution in [0.2, 0.25) is 5.02 Å². The van der Waals surface area contributed by atoms with Crippen LogP contribution >= 0.6 is 11.6 Å². The first kappa shape index (κ1) is 14.5. The second kappa shape index (κ2) is 7.03. The van der Waals surface area contributed by atoms with Crippen LogP contribution in [-0.2, 0) is 6.42 Å². The van der Waals surface area contributed by atoms with E-state index in [-0.39, 0.29) is 0 Å². The molecule has 18 heavy (non-hydrogen) atoms. The van der Waals surface area contributed by atoms with Crippen molar-refractivity contribution in [2.45, 2.75) is 19.8 Å². The van der Waals surface area contributed by atoms with E-state index in [1.807, 2.05) is 30.4 Å².